The molecule has 1 aromatic carbocycles. The summed E-state index contributed by atoms with van der Waals surface area (Å²) in [6.45, 7) is 6.36. The highest BCUT2D eigenvalue weighted by molar-refractivity contribution is 5.85. The molecule has 2 heteroatoms. The molecule has 0 amide bonds. The van der Waals surface area contributed by atoms with Gasteiger partial charge in [0.25, 0.3) is 5.56 Å². The first kappa shape index (κ1) is 9.97. The Morgan fingerprint density at radius 3 is 2.53 bits per heavy atom. The van der Waals surface area contributed by atoms with E-state index in [1.165, 1.54) is 0 Å². The Bertz CT molecular complexity index is 541. The van der Waals surface area contributed by atoms with E-state index >= 15 is 0 Å². The number of benzene rings is 1. The molecule has 0 bridgehead atoms. The zero-order valence-corrected chi connectivity index (χ0v) is 9.29. The molecule has 0 radical (unpaired) electrons. The summed E-state index contributed by atoms with van der Waals surface area (Å²) in [5.74, 6) is 0. The van der Waals surface area contributed by atoms with Gasteiger partial charge in [-0.15, -0.1) is 0 Å². The zero-order valence-electron chi connectivity index (χ0n) is 9.29. The first-order valence-corrected chi connectivity index (χ1v) is 5.11. The molecule has 0 unspecified atom stereocenters. The summed E-state index contributed by atoms with van der Waals surface area (Å²) >= 11 is 0. The fraction of sp³-hybridized carbons (Fsp3) is 0.308. The molecular weight excluding hydrogens is 186 g/mol. The number of aromatic nitrogens is 1. The molecule has 0 aliphatic carbocycles. The van der Waals surface area contributed by atoms with E-state index in [2.05, 4.69) is 25.8 Å². The van der Waals surface area contributed by atoms with Crippen LogP contribution in [0.1, 0.15) is 26.3 Å². The van der Waals surface area contributed by atoms with Crippen molar-refractivity contribution in [1.82, 2.24) is 4.98 Å². The highest BCUT2D eigenvalue weighted by atomic mass is 16.1. The molecule has 0 spiro atoms. The molecule has 1 N–H and O–H groups in total. The van der Waals surface area contributed by atoms with E-state index in [4.69, 9.17) is 0 Å². The molecule has 1 heterocycles. The van der Waals surface area contributed by atoms with Crippen LogP contribution in [-0.2, 0) is 5.41 Å². The minimum Gasteiger partial charge on any atom is -0.329 e. The molecule has 0 aliphatic rings. The van der Waals surface area contributed by atoms with Gasteiger partial charge in [-0.3, -0.25) is 4.79 Å². The smallest absolute Gasteiger partial charge is 0.256 e. The quantitative estimate of drug-likeness (QED) is 0.698. The second-order valence-electron chi connectivity index (χ2n) is 4.83. The first-order chi connectivity index (χ1) is 7.00. The zero-order chi connectivity index (χ0) is 11.1. The fourth-order valence-corrected chi connectivity index (χ4v) is 1.87. The first-order valence-electron chi connectivity index (χ1n) is 5.11. The largest absolute Gasteiger partial charge is 0.329 e. The van der Waals surface area contributed by atoms with Gasteiger partial charge in [-0.05, 0) is 22.4 Å². The van der Waals surface area contributed by atoms with Crippen molar-refractivity contribution in [1.29, 1.82) is 0 Å². The van der Waals surface area contributed by atoms with Crippen molar-refractivity contribution in [3.8, 4) is 0 Å². The van der Waals surface area contributed by atoms with E-state index in [1.54, 1.807) is 6.20 Å². The molecule has 0 aliphatic heterocycles. The summed E-state index contributed by atoms with van der Waals surface area (Å²) in [6, 6.07) is 7.94. The van der Waals surface area contributed by atoms with Crippen molar-refractivity contribution in [3.63, 3.8) is 0 Å². The van der Waals surface area contributed by atoms with Crippen LogP contribution in [0, 0.1) is 0 Å². The lowest BCUT2D eigenvalue weighted by Crippen LogP contribution is -2.16. The van der Waals surface area contributed by atoms with E-state index in [1.807, 2.05) is 24.3 Å². The number of rotatable bonds is 0. The van der Waals surface area contributed by atoms with Gasteiger partial charge in [0.2, 0.25) is 0 Å². The van der Waals surface area contributed by atoms with Gasteiger partial charge < -0.3 is 4.98 Å². The molecule has 1 aromatic heterocycles. The van der Waals surface area contributed by atoms with Gasteiger partial charge in [0.05, 0.1) is 5.39 Å². The second-order valence-corrected chi connectivity index (χ2v) is 4.83. The number of hydrogen-bond donors (Lipinski definition) is 1. The van der Waals surface area contributed by atoms with Crippen molar-refractivity contribution in [2.24, 2.45) is 0 Å². The van der Waals surface area contributed by atoms with Crippen LogP contribution < -0.4 is 5.56 Å². The molecule has 0 atom stereocenters. The SMILES string of the molecule is CC(C)(C)c1cccc2cc[nH]c(=O)c12. The van der Waals surface area contributed by atoms with Crippen LogP contribution in [0.4, 0.5) is 0 Å². The molecule has 78 valence electrons. The predicted octanol–water partition coefficient (Wildman–Crippen LogP) is 2.83. The Morgan fingerprint density at radius 1 is 1.13 bits per heavy atom. The molecule has 15 heavy (non-hydrogen) atoms. The summed E-state index contributed by atoms with van der Waals surface area (Å²) in [5.41, 5.74) is 1.09. The van der Waals surface area contributed by atoms with Crippen LogP contribution in [0.2, 0.25) is 0 Å². The van der Waals surface area contributed by atoms with Crippen molar-refractivity contribution < 1.29 is 0 Å². The third-order valence-electron chi connectivity index (χ3n) is 2.61. The maximum atomic E-state index is 11.8. The van der Waals surface area contributed by atoms with Crippen LogP contribution in [0.25, 0.3) is 10.8 Å². The van der Waals surface area contributed by atoms with Gasteiger partial charge in [-0.1, -0.05) is 39.0 Å². The van der Waals surface area contributed by atoms with Crippen LogP contribution in [-0.4, -0.2) is 4.98 Å². The fourth-order valence-electron chi connectivity index (χ4n) is 1.87. The molecule has 0 saturated heterocycles. The third kappa shape index (κ3) is 1.67. The summed E-state index contributed by atoms with van der Waals surface area (Å²) < 4.78 is 0. The van der Waals surface area contributed by atoms with Crippen molar-refractivity contribution in [3.05, 3.63) is 46.4 Å². The minimum atomic E-state index is -0.00609. The molecular formula is C13H15NO. The predicted molar refractivity (Wildman–Crippen MR) is 63.3 cm³/mol. The maximum absolute atomic E-state index is 11.8. The molecule has 2 nitrogen and oxygen atoms in total. The number of H-pyrrole nitrogens is 1. The molecule has 0 fully saturated rings. The summed E-state index contributed by atoms with van der Waals surface area (Å²) in [4.78, 5) is 14.5. The monoisotopic (exact) mass is 201 g/mol. The average Bonchev–Trinajstić information content (AvgIpc) is 2.16. The Hall–Kier alpha value is -1.57. The topological polar surface area (TPSA) is 32.9 Å². The Labute approximate surface area is 89.0 Å². The normalized spacial score (nSPS) is 11.9. The van der Waals surface area contributed by atoms with Gasteiger partial charge in [0.1, 0.15) is 0 Å². The lowest BCUT2D eigenvalue weighted by Gasteiger charge is -2.20. The second kappa shape index (κ2) is 3.23. The number of fused-ring (bicyclic) bond motifs is 1. The van der Waals surface area contributed by atoms with E-state index in [0.29, 0.717) is 0 Å². The van der Waals surface area contributed by atoms with Gasteiger partial charge in [-0.25, -0.2) is 0 Å². The maximum Gasteiger partial charge on any atom is 0.256 e. The Balaban J connectivity index is 2.93. The molecule has 0 saturated carbocycles. The van der Waals surface area contributed by atoms with Crippen LogP contribution >= 0.6 is 0 Å². The third-order valence-corrected chi connectivity index (χ3v) is 2.61. The van der Waals surface area contributed by atoms with E-state index in [-0.39, 0.29) is 11.0 Å². The number of nitrogens with one attached hydrogen (secondary N) is 1. The molecule has 2 aromatic rings. The van der Waals surface area contributed by atoms with E-state index < -0.39 is 0 Å². The highest BCUT2D eigenvalue weighted by Gasteiger charge is 2.17. The highest BCUT2D eigenvalue weighted by Crippen LogP contribution is 2.27. The van der Waals surface area contributed by atoms with Crippen LogP contribution in [0.3, 0.4) is 0 Å². The minimum absolute atomic E-state index is 0.00183. The van der Waals surface area contributed by atoms with Crippen molar-refractivity contribution in [2.75, 3.05) is 0 Å². The van der Waals surface area contributed by atoms with E-state index in [0.717, 1.165) is 16.3 Å². The van der Waals surface area contributed by atoms with Crippen LogP contribution in [0.5, 0.6) is 0 Å². The molecule has 2 rings (SSSR count). The van der Waals surface area contributed by atoms with Crippen LogP contribution in [0.15, 0.2) is 35.3 Å². The summed E-state index contributed by atoms with van der Waals surface area (Å²) in [5, 5.41) is 1.82. The van der Waals surface area contributed by atoms with Gasteiger partial charge in [-0.2, -0.15) is 0 Å². The van der Waals surface area contributed by atoms with Gasteiger partial charge in [0, 0.05) is 6.20 Å². The average molecular weight is 201 g/mol. The summed E-state index contributed by atoms with van der Waals surface area (Å²) in [7, 11) is 0. The number of pyridine rings is 1. The Morgan fingerprint density at radius 2 is 1.87 bits per heavy atom. The standard InChI is InChI=1S/C13H15NO/c1-13(2,3)10-6-4-5-9-7-8-14-12(15)11(9)10/h4-8H,1-3H3,(H,14,15). The summed E-state index contributed by atoms with van der Waals surface area (Å²) in [6.07, 6.45) is 1.69. The van der Waals surface area contributed by atoms with Gasteiger partial charge in [0.15, 0.2) is 0 Å². The van der Waals surface area contributed by atoms with Gasteiger partial charge >= 0.3 is 0 Å². The Kier molecular flexibility index (Phi) is 2.14. The lowest BCUT2D eigenvalue weighted by molar-refractivity contribution is 0.595. The van der Waals surface area contributed by atoms with Crippen molar-refractivity contribution in [2.45, 2.75) is 26.2 Å². The van der Waals surface area contributed by atoms with Crippen molar-refractivity contribution >= 4 is 10.8 Å². The lowest BCUT2D eigenvalue weighted by atomic mass is 9.84. The number of aromatic amines is 1. The van der Waals surface area contributed by atoms with E-state index in [9.17, 15) is 4.79 Å². The number of hydrogen-bond acceptors (Lipinski definition) is 1.